The fourth-order valence-electron chi connectivity index (χ4n) is 2.42. The van der Waals surface area contributed by atoms with E-state index in [0.717, 1.165) is 27.2 Å². The van der Waals surface area contributed by atoms with E-state index in [9.17, 15) is 4.79 Å². The lowest BCUT2D eigenvalue weighted by Gasteiger charge is -2.12. The maximum atomic E-state index is 11.8. The minimum atomic E-state index is -0.422. The van der Waals surface area contributed by atoms with Crippen LogP contribution in [-0.2, 0) is 4.74 Å². The maximum Gasteiger partial charge on any atom is 0.411 e. The molecule has 0 aromatic heterocycles. The van der Waals surface area contributed by atoms with Gasteiger partial charge in [0.05, 0.1) is 12.3 Å². The molecule has 1 amide bonds. The average molecular weight is 265 g/mol. The van der Waals surface area contributed by atoms with Crippen LogP contribution in [0, 0.1) is 0 Å². The molecule has 3 aromatic carbocycles. The third-order valence-corrected chi connectivity index (χ3v) is 3.27. The monoisotopic (exact) mass is 265 g/mol. The molecule has 0 saturated carbocycles. The minimum Gasteiger partial charge on any atom is -0.450 e. The minimum absolute atomic E-state index is 0.356. The summed E-state index contributed by atoms with van der Waals surface area (Å²) in [5.74, 6) is 0. The van der Waals surface area contributed by atoms with Crippen molar-refractivity contribution in [3.8, 4) is 0 Å². The SMILES string of the molecule is CCOC(=O)Nc1c2ccccc2cc2ccccc12. The van der Waals surface area contributed by atoms with E-state index in [-0.39, 0.29) is 0 Å². The highest BCUT2D eigenvalue weighted by atomic mass is 16.5. The molecule has 0 aliphatic carbocycles. The van der Waals surface area contributed by atoms with Gasteiger partial charge >= 0.3 is 6.09 Å². The van der Waals surface area contributed by atoms with E-state index < -0.39 is 6.09 Å². The highest BCUT2D eigenvalue weighted by Gasteiger charge is 2.10. The number of fused-ring (bicyclic) bond motifs is 2. The fraction of sp³-hybridized carbons (Fsp3) is 0.118. The first-order valence-corrected chi connectivity index (χ1v) is 6.64. The van der Waals surface area contributed by atoms with Crippen LogP contribution in [0.5, 0.6) is 0 Å². The van der Waals surface area contributed by atoms with Crippen molar-refractivity contribution < 1.29 is 9.53 Å². The second kappa shape index (κ2) is 5.21. The van der Waals surface area contributed by atoms with Gasteiger partial charge in [-0.2, -0.15) is 0 Å². The van der Waals surface area contributed by atoms with Gasteiger partial charge in [-0.15, -0.1) is 0 Å². The van der Waals surface area contributed by atoms with Gasteiger partial charge in [-0.25, -0.2) is 4.79 Å². The molecule has 1 N–H and O–H groups in total. The predicted octanol–water partition coefficient (Wildman–Crippen LogP) is 4.56. The van der Waals surface area contributed by atoms with Crippen molar-refractivity contribution in [3.63, 3.8) is 0 Å². The molecule has 0 aliphatic rings. The number of carbonyl (C=O) groups excluding carboxylic acids is 1. The summed E-state index contributed by atoms with van der Waals surface area (Å²) in [7, 11) is 0. The molecular formula is C17H15NO2. The number of carbonyl (C=O) groups is 1. The zero-order valence-corrected chi connectivity index (χ0v) is 11.2. The van der Waals surface area contributed by atoms with Crippen molar-refractivity contribution in [2.75, 3.05) is 11.9 Å². The number of benzene rings is 3. The number of anilines is 1. The zero-order chi connectivity index (χ0) is 13.9. The van der Waals surface area contributed by atoms with Gasteiger partial charge < -0.3 is 4.74 Å². The Hall–Kier alpha value is -2.55. The third kappa shape index (κ3) is 2.18. The molecule has 0 bridgehead atoms. The molecule has 0 saturated heterocycles. The maximum absolute atomic E-state index is 11.8. The van der Waals surface area contributed by atoms with Crippen molar-refractivity contribution in [2.45, 2.75) is 6.92 Å². The van der Waals surface area contributed by atoms with E-state index >= 15 is 0 Å². The molecule has 0 fully saturated rings. The van der Waals surface area contributed by atoms with Crippen LogP contribution in [0.25, 0.3) is 21.5 Å². The summed E-state index contributed by atoms with van der Waals surface area (Å²) >= 11 is 0. The average Bonchev–Trinajstić information content (AvgIpc) is 2.47. The largest absolute Gasteiger partial charge is 0.450 e. The van der Waals surface area contributed by atoms with Gasteiger partial charge in [0.25, 0.3) is 0 Å². The Morgan fingerprint density at radius 2 is 1.55 bits per heavy atom. The van der Waals surface area contributed by atoms with Gasteiger partial charge in [-0.1, -0.05) is 48.5 Å². The quantitative estimate of drug-likeness (QED) is 0.690. The third-order valence-electron chi connectivity index (χ3n) is 3.27. The number of ether oxygens (including phenoxy) is 1. The molecule has 100 valence electrons. The molecule has 3 nitrogen and oxygen atoms in total. The van der Waals surface area contributed by atoms with Crippen LogP contribution in [0.4, 0.5) is 10.5 Å². The van der Waals surface area contributed by atoms with Crippen LogP contribution in [0.15, 0.2) is 54.6 Å². The highest BCUT2D eigenvalue weighted by molar-refractivity contribution is 6.14. The van der Waals surface area contributed by atoms with E-state index in [1.807, 2.05) is 48.5 Å². The van der Waals surface area contributed by atoms with Crippen LogP contribution in [0.1, 0.15) is 6.92 Å². The first-order chi connectivity index (χ1) is 9.79. The van der Waals surface area contributed by atoms with Gasteiger partial charge in [0.2, 0.25) is 0 Å². The smallest absolute Gasteiger partial charge is 0.411 e. The molecule has 0 unspecified atom stereocenters. The van der Waals surface area contributed by atoms with Gasteiger partial charge in [0.1, 0.15) is 0 Å². The predicted molar refractivity (Wildman–Crippen MR) is 82.1 cm³/mol. The first-order valence-electron chi connectivity index (χ1n) is 6.64. The van der Waals surface area contributed by atoms with E-state index in [4.69, 9.17) is 4.74 Å². The fourth-order valence-corrected chi connectivity index (χ4v) is 2.42. The molecule has 0 radical (unpaired) electrons. The Bertz CT molecular complexity index is 726. The van der Waals surface area contributed by atoms with E-state index in [1.54, 1.807) is 6.92 Å². The molecule has 0 heterocycles. The van der Waals surface area contributed by atoms with Crippen LogP contribution in [0.2, 0.25) is 0 Å². The summed E-state index contributed by atoms with van der Waals surface area (Å²) in [6.07, 6.45) is -0.422. The Labute approximate surface area is 117 Å². The van der Waals surface area contributed by atoms with E-state index in [2.05, 4.69) is 11.4 Å². The number of rotatable bonds is 2. The van der Waals surface area contributed by atoms with Gasteiger partial charge in [0, 0.05) is 10.8 Å². The van der Waals surface area contributed by atoms with Gasteiger partial charge in [0.15, 0.2) is 0 Å². The number of hydrogen-bond donors (Lipinski definition) is 1. The van der Waals surface area contributed by atoms with Crippen LogP contribution < -0.4 is 5.32 Å². The number of hydrogen-bond acceptors (Lipinski definition) is 2. The summed E-state index contributed by atoms with van der Waals surface area (Å²) in [6.45, 7) is 2.15. The topological polar surface area (TPSA) is 38.3 Å². The normalized spacial score (nSPS) is 10.7. The van der Waals surface area contributed by atoms with Crippen molar-refractivity contribution >= 4 is 33.3 Å². The molecule has 0 atom stereocenters. The Balaban J connectivity index is 2.25. The Kier molecular flexibility index (Phi) is 3.25. The second-order valence-corrected chi connectivity index (χ2v) is 4.54. The number of amides is 1. The van der Waals surface area contributed by atoms with Crippen LogP contribution >= 0.6 is 0 Å². The first kappa shape index (κ1) is 12.5. The lowest BCUT2D eigenvalue weighted by molar-refractivity contribution is 0.168. The van der Waals surface area contributed by atoms with E-state index in [1.165, 1.54) is 0 Å². The molecule has 0 spiro atoms. The van der Waals surface area contributed by atoms with Crippen molar-refractivity contribution in [3.05, 3.63) is 54.6 Å². The van der Waals surface area contributed by atoms with Crippen molar-refractivity contribution in [2.24, 2.45) is 0 Å². The molecule has 3 heteroatoms. The zero-order valence-electron chi connectivity index (χ0n) is 11.2. The standard InChI is InChI=1S/C17H15NO2/c1-2-20-17(19)18-16-14-9-5-3-7-12(14)11-13-8-4-6-10-15(13)16/h3-11H,2H2,1H3,(H,18,19). The summed E-state index contributed by atoms with van der Waals surface area (Å²) in [4.78, 5) is 11.8. The molecule has 0 aliphatic heterocycles. The van der Waals surface area contributed by atoms with Gasteiger partial charge in [-0.05, 0) is 23.8 Å². The lowest BCUT2D eigenvalue weighted by atomic mass is 10.0. The Morgan fingerprint density at radius 3 is 2.10 bits per heavy atom. The van der Waals surface area contributed by atoms with Gasteiger partial charge in [-0.3, -0.25) is 5.32 Å². The van der Waals surface area contributed by atoms with E-state index in [0.29, 0.717) is 6.61 Å². The lowest BCUT2D eigenvalue weighted by Crippen LogP contribution is -2.13. The van der Waals surface area contributed by atoms with Crippen molar-refractivity contribution in [1.29, 1.82) is 0 Å². The summed E-state index contributed by atoms with van der Waals surface area (Å²) in [5.41, 5.74) is 0.803. The summed E-state index contributed by atoms with van der Waals surface area (Å²) in [5, 5.41) is 7.08. The Morgan fingerprint density at radius 1 is 1.00 bits per heavy atom. The van der Waals surface area contributed by atoms with Crippen LogP contribution in [-0.4, -0.2) is 12.7 Å². The summed E-state index contributed by atoms with van der Waals surface area (Å²) in [6, 6.07) is 18.1. The van der Waals surface area contributed by atoms with Crippen LogP contribution in [0.3, 0.4) is 0 Å². The molecule has 3 rings (SSSR count). The molecule has 3 aromatic rings. The van der Waals surface area contributed by atoms with Crippen molar-refractivity contribution in [1.82, 2.24) is 0 Å². The second-order valence-electron chi connectivity index (χ2n) is 4.54. The molecule has 20 heavy (non-hydrogen) atoms. The molecular weight excluding hydrogens is 250 g/mol. The highest BCUT2D eigenvalue weighted by Crippen LogP contribution is 2.32. The number of nitrogens with one attached hydrogen (secondary N) is 1. The summed E-state index contributed by atoms with van der Waals surface area (Å²) < 4.78 is 4.99.